The van der Waals surface area contributed by atoms with Crippen molar-refractivity contribution in [3.8, 4) is 0 Å². The highest BCUT2D eigenvalue weighted by atomic mass is 14.9. The fourth-order valence-electron chi connectivity index (χ4n) is 2.74. The van der Waals surface area contributed by atoms with Crippen molar-refractivity contribution < 1.29 is 0 Å². The van der Waals surface area contributed by atoms with Gasteiger partial charge < -0.3 is 5.32 Å². The summed E-state index contributed by atoms with van der Waals surface area (Å²) in [6.07, 6.45) is 4.05. The number of benzene rings is 1. The van der Waals surface area contributed by atoms with E-state index in [-0.39, 0.29) is 0 Å². The van der Waals surface area contributed by atoms with E-state index in [1.807, 2.05) is 0 Å². The van der Waals surface area contributed by atoms with Crippen LogP contribution in [0.5, 0.6) is 0 Å². The van der Waals surface area contributed by atoms with E-state index in [1.165, 1.54) is 30.5 Å². The molecule has 1 nitrogen and oxygen atoms in total. The minimum Gasteiger partial charge on any atom is -0.382 e. The molecule has 0 radical (unpaired) electrons. The van der Waals surface area contributed by atoms with E-state index in [1.54, 1.807) is 0 Å². The molecule has 3 unspecified atom stereocenters. The number of hydrogen-bond acceptors (Lipinski definition) is 1. The minimum absolute atomic E-state index is 0.666. The van der Waals surface area contributed by atoms with E-state index in [0.717, 1.165) is 11.8 Å². The van der Waals surface area contributed by atoms with Crippen LogP contribution >= 0.6 is 0 Å². The first-order chi connectivity index (χ1) is 7.65. The molecule has 1 heteroatoms. The third-order valence-electron chi connectivity index (χ3n) is 3.84. The van der Waals surface area contributed by atoms with Crippen molar-refractivity contribution in [1.29, 1.82) is 0 Å². The molecule has 0 amide bonds. The van der Waals surface area contributed by atoms with Crippen LogP contribution in [0.2, 0.25) is 0 Å². The Morgan fingerprint density at radius 3 is 2.38 bits per heavy atom. The van der Waals surface area contributed by atoms with Crippen LogP contribution in [-0.4, -0.2) is 6.04 Å². The van der Waals surface area contributed by atoms with E-state index in [4.69, 9.17) is 0 Å². The first kappa shape index (κ1) is 11.5. The summed E-state index contributed by atoms with van der Waals surface area (Å²) in [7, 11) is 0. The van der Waals surface area contributed by atoms with Gasteiger partial charge in [0.2, 0.25) is 0 Å². The van der Waals surface area contributed by atoms with Crippen molar-refractivity contribution in [2.45, 2.75) is 46.1 Å². The van der Waals surface area contributed by atoms with Crippen LogP contribution in [0, 0.1) is 18.8 Å². The molecule has 1 aliphatic carbocycles. The Hall–Kier alpha value is -0.980. The largest absolute Gasteiger partial charge is 0.382 e. The van der Waals surface area contributed by atoms with Gasteiger partial charge in [-0.25, -0.2) is 0 Å². The second-order valence-electron chi connectivity index (χ2n) is 5.51. The molecule has 0 aliphatic heterocycles. The zero-order valence-corrected chi connectivity index (χ0v) is 10.7. The number of anilines is 1. The molecule has 1 aliphatic rings. The molecule has 0 aromatic heterocycles. The lowest BCUT2D eigenvalue weighted by atomic mass is 9.80. The quantitative estimate of drug-likeness (QED) is 0.781. The lowest BCUT2D eigenvalue weighted by Crippen LogP contribution is -2.32. The normalized spacial score (nSPS) is 30.1. The molecule has 88 valence electrons. The van der Waals surface area contributed by atoms with E-state index in [0.29, 0.717) is 6.04 Å². The summed E-state index contributed by atoms with van der Waals surface area (Å²) in [5.74, 6) is 1.70. The van der Waals surface area contributed by atoms with Gasteiger partial charge in [-0.05, 0) is 50.2 Å². The van der Waals surface area contributed by atoms with Crippen molar-refractivity contribution in [3.05, 3.63) is 29.8 Å². The molecular weight excluding hydrogens is 194 g/mol. The van der Waals surface area contributed by atoms with Crippen molar-refractivity contribution >= 4 is 5.69 Å². The van der Waals surface area contributed by atoms with Gasteiger partial charge in [-0.3, -0.25) is 0 Å². The number of hydrogen-bond donors (Lipinski definition) is 1. The average molecular weight is 217 g/mol. The van der Waals surface area contributed by atoms with Crippen LogP contribution < -0.4 is 5.32 Å². The van der Waals surface area contributed by atoms with Crippen LogP contribution in [0.3, 0.4) is 0 Å². The molecule has 0 spiro atoms. The number of nitrogens with one attached hydrogen (secondary N) is 1. The third-order valence-corrected chi connectivity index (χ3v) is 3.84. The van der Waals surface area contributed by atoms with E-state index < -0.39 is 0 Å². The van der Waals surface area contributed by atoms with Crippen LogP contribution in [0.1, 0.15) is 38.7 Å². The Kier molecular flexibility index (Phi) is 3.52. The summed E-state index contributed by atoms with van der Waals surface area (Å²) in [4.78, 5) is 0. The highest BCUT2D eigenvalue weighted by molar-refractivity contribution is 5.45. The smallest absolute Gasteiger partial charge is 0.0342 e. The molecule has 1 aromatic rings. The van der Waals surface area contributed by atoms with Gasteiger partial charge >= 0.3 is 0 Å². The monoisotopic (exact) mass is 217 g/mol. The predicted molar refractivity (Wildman–Crippen MR) is 70.8 cm³/mol. The van der Waals surface area contributed by atoms with Gasteiger partial charge in [-0.15, -0.1) is 0 Å². The minimum atomic E-state index is 0.666. The van der Waals surface area contributed by atoms with E-state index in [2.05, 4.69) is 50.4 Å². The van der Waals surface area contributed by atoms with Crippen LogP contribution in [0.25, 0.3) is 0 Å². The van der Waals surface area contributed by atoms with Crippen molar-refractivity contribution in [2.75, 3.05) is 5.32 Å². The molecule has 1 fully saturated rings. The Labute approximate surface area is 99.3 Å². The molecule has 16 heavy (non-hydrogen) atoms. The zero-order chi connectivity index (χ0) is 11.5. The standard InChI is InChI=1S/C15H23N/c1-11-4-7-14(8-5-11)16-15-9-6-12(2)10-13(15)3/h4-5,7-8,12-13,15-16H,6,9-10H2,1-3H3. The highest BCUT2D eigenvalue weighted by Gasteiger charge is 2.24. The van der Waals surface area contributed by atoms with Crippen LogP contribution in [0.15, 0.2) is 24.3 Å². The lowest BCUT2D eigenvalue weighted by molar-refractivity contribution is 0.276. The Bertz CT molecular complexity index is 328. The summed E-state index contributed by atoms with van der Waals surface area (Å²) in [6.45, 7) is 6.88. The van der Waals surface area contributed by atoms with Gasteiger partial charge in [0, 0.05) is 11.7 Å². The second-order valence-corrected chi connectivity index (χ2v) is 5.51. The molecule has 1 aromatic carbocycles. The van der Waals surface area contributed by atoms with Gasteiger partial charge in [-0.2, -0.15) is 0 Å². The first-order valence-corrected chi connectivity index (χ1v) is 6.48. The summed E-state index contributed by atoms with van der Waals surface area (Å²) >= 11 is 0. The van der Waals surface area contributed by atoms with Gasteiger partial charge in [0.15, 0.2) is 0 Å². The maximum atomic E-state index is 3.68. The third kappa shape index (κ3) is 2.78. The summed E-state index contributed by atoms with van der Waals surface area (Å²) in [5.41, 5.74) is 2.60. The molecule has 1 saturated carbocycles. The molecule has 1 N–H and O–H groups in total. The Morgan fingerprint density at radius 2 is 1.75 bits per heavy atom. The van der Waals surface area contributed by atoms with Crippen molar-refractivity contribution in [2.24, 2.45) is 11.8 Å². The highest BCUT2D eigenvalue weighted by Crippen LogP contribution is 2.30. The number of aryl methyl sites for hydroxylation is 1. The number of rotatable bonds is 2. The summed E-state index contributed by atoms with van der Waals surface area (Å²) in [6, 6.07) is 9.41. The predicted octanol–water partition coefficient (Wildman–Crippen LogP) is 4.23. The van der Waals surface area contributed by atoms with Crippen LogP contribution in [-0.2, 0) is 0 Å². The van der Waals surface area contributed by atoms with Gasteiger partial charge in [0.1, 0.15) is 0 Å². The summed E-state index contributed by atoms with van der Waals surface area (Å²) < 4.78 is 0. The van der Waals surface area contributed by atoms with E-state index in [9.17, 15) is 0 Å². The molecule has 2 rings (SSSR count). The van der Waals surface area contributed by atoms with Gasteiger partial charge in [-0.1, -0.05) is 31.5 Å². The topological polar surface area (TPSA) is 12.0 Å². The SMILES string of the molecule is Cc1ccc(NC2CCC(C)CC2C)cc1. The van der Waals surface area contributed by atoms with Gasteiger partial charge in [0.05, 0.1) is 0 Å². The molecule has 0 saturated heterocycles. The first-order valence-electron chi connectivity index (χ1n) is 6.48. The Morgan fingerprint density at radius 1 is 1.06 bits per heavy atom. The lowest BCUT2D eigenvalue weighted by Gasteiger charge is -2.33. The van der Waals surface area contributed by atoms with Gasteiger partial charge in [0.25, 0.3) is 0 Å². The molecule has 0 heterocycles. The molecule has 0 bridgehead atoms. The Balaban J connectivity index is 1.96. The second kappa shape index (κ2) is 4.90. The van der Waals surface area contributed by atoms with Crippen molar-refractivity contribution in [1.82, 2.24) is 0 Å². The van der Waals surface area contributed by atoms with Crippen LogP contribution in [0.4, 0.5) is 5.69 Å². The summed E-state index contributed by atoms with van der Waals surface area (Å²) in [5, 5.41) is 3.68. The fourth-order valence-corrected chi connectivity index (χ4v) is 2.74. The molecule has 3 atom stereocenters. The van der Waals surface area contributed by atoms with Crippen molar-refractivity contribution in [3.63, 3.8) is 0 Å². The van der Waals surface area contributed by atoms with E-state index >= 15 is 0 Å². The maximum absolute atomic E-state index is 3.68. The molecular formula is C15H23N. The fraction of sp³-hybridized carbons (Fsp3) is 0.600. The average Bonchev–Trinajstić information content (AvgIpc) is 2.25. The zero-order valence-electron chi connectivity index (χ0n) is 10.7. The maximum Gasteiger partial charge on any atom is 0.0342 e.